The van der Waals surface area contributed by atoms with E-state index >= 15 is 0 Å². The molecule has 0 N–H and O–H groups in total. The zero-order valence-corrected chi connectivity index (χ0v) is 17.5. The van der Waals surface area contributed by atoms with Crippen LogP contribution >= 0.6 is 0 Å². The molecule has 4 rings (SSSR count). The zero-order valence-electron chi connectivity index (χ0n) is 17.5. The SMILES string of the molecule is Cc1ccc(-c2ccc(C3CCC(C4CCC(C)CC4)CC3)c(F)c2F)cc1F.[HH].[HH]. The van der Waals surface area contributed by atoms with Crippen LogP contribution in [0.4, 0.5) is 13.2 Å². The third kappa shape index (κ3) is 4.25. The Labute approximate surface area is 175 Å². The highest BCUT2D eigenvalue weighted by molar-refractivity contribution is 5.65. The van der Waals surface area contributed by atoms with Gasteiger partial charge in [0.05, 0.1) is 0 Å². The predicted molar refractivity (Wildman–Crippen MR) is 117 cm³/mol. The van der Waals surface area contributed by atoms with E-state index in [1.807, 2.05) is 0 Å². The average molecular weight is 405 g/mol. The zero-order chi connectivity index (χ0) is 20.5. The number of rotatable bonds is 3. The van der Waals surface area contributed by atoms with Gasteiger partial charge in [0.1, 0.15) is 5.82 Å². The molecule has 0 aliphatic heterocycles. The predicted octanol–water partition coefficient (Wildman–Crippen LogP) is 8.67. The summed E-state index contributed by atoms with van der Waals surface area (Å²) in [5, 5.41) is 0. The van der Waals surface area contributed by atoms with Crippen molar-refractivity contribution in [2.75, 3.05) is 0 Å². The molecule has 2 aromatic carbocycles. The van der Waals surface area contributed by atoms with Crippen molar-refractivity contribution in [2.45, 2.75) is 71.1 Å². The lowest BCUT2D eigenvalue weighted by atomic mass is 9.68. The normalized spacial score (nSPS) is 27.8. The Morgan fingerprint density at radius 3 is 2.00 bits per heavy atom. The van der Waals surface area contributed by atoms with E-state index in [1.54, 1.807) is 31.2 Å². The molecule has 0 spiro atoms. The minimum Gasteiger partial charge on any atom is -0.207 e. The van der Waals surface area contributed by atoms with Crippen LogP contribution in [0.15, 0.2) is 30.3 Å². The van der Waals surface area contributed by atoms with Gasteiger partial charge < -0.3 is 0 Å². The Morgan fingerprint density at radius 1 is 0.759 bits per heavy atom. The molecule has 160 valence electrons. The summed E-state index contributed by atoms with van der Waals surface area (Å²) in [5.41, 5.74) is 1.51. The lowest BCUT2D eigenvalue weighted by molar-refractivity contribution is 0.164. The fourth-order valence-corrected chi connectivity index (χ4v) is 5.52. The van der Waals surface area contributed by atoms with Gasteiger partial charge in [-0.15, -0.1) is 0 Å². The van der Waals surface area contributed by atoms with Gasteiger partial charge in [0.25, 0.3) is 0 Å². The molecule has 0 amide bonds. The Hall–Kier alpha value is -1.77. The van der Waals surface area contributed by atoms with Crippen LogP contribution in [0.2, 0.25) is 0 Å². The summed E-state index contributed by atoms with van der Waals surface area (Å²) in [6.45, 7) is 4.00. The van der Waals surface area contributed by atoms with Gasteiger partial charge in [-0.05, 0) is 91.9 Å². The van der Waals surface area contributed by atoms with Crippen LogP contribution in [0.25, 0.3) is 11.1 Å². The third-order valence-corrected chi connectivity index (χ3v) is 7.53. The van der Waals surface area contributed by atoms with Gasteiger partial charge in [0, 0.05) is 8.42 Å². The summed E-state index contributed by atoms with van der Waals surface area (Å²) in [5.74, 6) is 0.524. The van der Waals surface area contributed by atoms with Crippen LogP contribution in [0.3, 0.4) is 0 Å². The van der Waals surface area contributed by atoms with Crippen molar-refractivity contribution < 1.29 is 16.0 Å². The highest BCUT2D eigenvalue weighted by Crippen LogP contribution is 2.44. The largest absolute Gasteiger partial charge is 0.207 e. The molecule has 0 bridgehead atoms. The summed E-state index contributed by atoms with van der Waals surface area (Å²) in [4.78, 5) is 0. The minimum absolute atomic E-state index is 0. The van der Waals surface area contributed by atoms with E-state index in [0.717, 1.165) is 43.4 Å². The standard InChI is InChI=1S/C26H31F3.2H2/c1-16-3-6-18(7-4-16)19-9-11-20(12-10-19)22-13-14-23(26(29)25(22)28)21-8-5-17(2)24(27)15-21;;/h5,8,13-16,18-20H,3-4,6-7,9-12H2,1-2H3;2*1H. The van der Waals surface area contributed by atoms with Crippen LogP contribution < -0.4 is 0 Å². The van der Waals surface area contributed by atoms with Crippen LogP contribution in [0, 0.1) is 42.1 Å². The van der Waals surface area contributed by atoms with Crippen molar-refractivity contribution in [2.24, 2.45) is 17.8 Å². The lowest BCUT2D eigenvalue weighted by Gasteiger charge is -2.37. The van der Waals surface area contributed by atoms with Crippen LogP contribution in [0.5, 0.6) is 0 Å². The second-order valence-corrected chi connectivity index (χ2v) is 9.43. The van der Waals surface area contributed by atoms with Crippen molar-refractivity contribution in [3.8, 4) is 11.1 Å². The fraction of sp³-hybridized carbons (Fsp3) is 0.538. The molecule has 2 aliphatic rings. The molecule has 0 nitrogen and oxygen atoms in total. The summed E-state index contributed by atoms with van der Waals surface area (Å²) >= 11 is 0. The van der Waals surface area contributed by atoms with Gasteiger partial charge in [-0.3, -0.25) is 0 Å². The summed E-state index contributed by atoms with van der Waals surface area (Å²) in [6.07, 6.45) is 9.46. The monoisotopic (exact) mass is 404 g/mol. The van der Waals surface area contributed by atoms with Gasteiger partial charge in [-0.25, -0.2) is 13.2 Å². The molecule has 0 atom stereocenters. The number of hydrogen-bond donors (Lipinski definition) is 0. The smallest absolute Gasteiger partial charge is 0.166 e. The third-order valence-electron chi connectivity index (χ3n) is 7.53. The average Bonchev–Trinajstić information content (AvgIpc) is 2.73. The van der Waals surface area contributed by atoms with E-state index in [2.05, 4.69) is 6.92 Å². The number of aryl methyl sites for hydroxylation is 1. The maximum atomic E-state index is 14.9. The number of hydrogen-bond acceptors (Lipinski definition) is 0. The van der Waals surface area contributed by atoms with Gasteiger partial charge in [0.2, 0.25) is 0 Å². The second-order valence-electron chi connectivity index (χ2n) is 9.43. The van der Waals surface area contributed by atoms with E-state index in [0.29, 0.717) is 16.7 Å². The van der Waals surface area contributed by atoms with Crippen molar-refractivity contribution in [3.05, 3.63) is 58.9 Å². The molecule has 0 radical (unpaired) electrons. The van der Waals surface area contributed by atoms with E-state index in [-0.39, 0.29) is 14.3 Å². The van der Waals surface area contributed by atoms with Crippen molar-refractivity contribution >= 4 is 0 Å². The van der Waals surface area contributed by atoms with Crippen LogP contribution in [0.1, 0.15) is 78.2 Å². The molecule has 2 fully saturated rings. The van der Waals surface area contributed by atoms with E-state index < -0.39 is 17.5 Å². The summed E-state index contributed by atoms with van der Waals surface area (Å²) in [6, 6.07) is 7.86. The van der Waals surface area contributed by atoms with E-state index in [1.165, 1.54) is 31.7 Å². The molecular formula is C26H35F3. The van der Waals surface area contributed by atoms with Crippen molar-refractivity contribution in [1.82, 2.24) is 0 Å². The van der Waals surface area contributed by atoms with Crippen LogP contribution in [-0.4, -0.2) is 0 Å². The summed E-state index contributed by atoms with van der Waals surface area (Å²) < 4.78 is 43.6. The first kappa shape index (κ1) is 20.5. The first-order valence-electron chi connectivity index (χ1n) is 11.2. The Kier molecular flexibility index (Phi) is 6.03. The topological polar surface area (TPSA) is 0 Å². The lowest BCUT2D eigenvalue weighted by Crippen LogP contribution is -2.25. The highest BCUT2D eigenvalue weighted by Gasteiger charge is 2.32. The number of benzene rings is 2. The highest BCUT2D eigenvalue weighted by atomic mass is 19.2. The molecule has 2 aliphatic carbocycles. The maximum absolute atomic E-state index is 14.9. The van der Waals surface area contributed by atoms with Crippen molar-refractivity contribution in [1.29, 1.82) is 0 Å². The first-order chi connectivity index (χ1) is 13.9. The molecule has 3 heteroatoms. The minimum atomic E-state index is -0.853. The van der Waals surface area contributed by atoms with E-state index in [9.17, 15) is 13.2 Å². The maximum Gasteiger partial charge on any atom is 0.166 e. The molecule has 0 saturated heterocycles. The number of halogens is 3. The molecule has 2 aromatic rings. The molecule has 2 saturated carbocycles. The Bertz CT molecular complexity index is 867. The molecule has 0 unspecified atom stereocenters. The molecule has 29 heavy (non-hydrogen) atoms. The van der Waals surface area contributed by atoms with Crippen LogP contribution in [-0.2, 0) is 0 Å². The van der Waals surface area contributed by atoms with Gasteiger partial charge in [-0.1, -0.05) is 44.0 Å². The Balaban J connectivity index is 0.00000171. The van der Waals surface area contributed by atoms with Crippen molar-refractivity contribution in [3.63, 3.8) is 0 Å². The van der Waals surface area contributed by atoms with E-state index in [4.69, 9.17) is 0 Å². The van der Waals surface area contributed by atoms with Gasteiger partial charge in [0.15, 0.2) is 11.6 Å². The molecule has 0 aromatic heterocycles. The quantitative estimate of drug-likeness (QED) is 0.480. The Morgan fingerprint density at radius 2 is 1.38 bits per heavy atom. The van der Waals surface area contributed by atoms with Gasteiger partial charge >= 0.3 is 0 Å². The fourth-order valence-electron chi connectivity index (χ4n) is 5.52. The second kappa shape index (κ2) is 8.53. The van der Waals surface area contributed by atoms with Gasteiger partial charge in [-0.2, -0.15) is 0 Å². The molecular weight excluding hydrogens is 369 g/mol. The molecule has 0 heterocycles. The summed E-state index contributed by atoms with van der Waals surface area (Å²) in [7, 11) is 0. The first-order valence-corrected chi connectivity index (χ1v) is 11.2.